The van der Waals surface area contributed by atoms with E-state index in [1.54, 1.807) is 0 Å². The molecule has 12 heavy (non-hydrogen) atoms. The molecule has 0 saturated carbocycles. The van der Waals surface area contributed by atoms with E-state index < -0.39 is 0 Å². The van der Waals surface area contributed by atoms with Crippen molar-refractivity contribution >= 4 is 11.7 Å². The van der Waals surface area contributed by atoms with E-state index in [-0.39, 0.29) is 37.7 Å². The molecule has 0 atom stereocenters. The van der Waals surface area contributed by atoms with Gasteiger partial charge in [0.25, 0.3) is 0 Å². The minimum atomic E-state index is -0.0647. The lowest BCUT2D eigenvalue weighted by molar-refractivity contribution is 0.306. The van der Waals surface area contributed by atoms with Gasteiger partial charge in [-0.3, -0.25) is 0 Å². The summed E-state index contributed by atoms with van der Waals surface area (Å²) in [7, 11) is 0. The predicted molar refractivity (Wildman–Crippen MR) is 46.7 cm³/mol. The van der Waals surface area contributed by atoms with Crippen LogP contribution in [0, 0.1) is 0 Å². The summed E-state index contributed by atoms with van der Waals surface area (Å²) in [5.74, 6) is 0.441. The van der Waals surface area contributed by atoms with Crippen LogP contribution in [-0.4, -0.2) is 35.1 Å². The SMILES string of the molecule is N/C(CCO)=N\N=C(/N)CCO. The van der Waals surface area contributed by atoms with Gasteiger partial charge in [0.05, 0.1) is 13.2 Å². The van der Waals surface area contributed by atoms with Crippen molar-refractivity contribution in [3.8, 4) is 0 Å². The van der Waals surface area contributed by atoms with Gasteiger partial charge in [0.15, 0.2) is 0 Å². The standard InChI is InChI=1S/C6H14N4O2/c7-5(1-3-11)9-10-6(8)2-4-12/h11-12H,1-4H2,(H2,7,9)(H2,8,10). The van der Waals surface area contributed by atoms with Crippen molar-refractivity contribution in [1.29, 1.82) is 0 Å². The van der Waals surface area contributed by atoms with Gasteiger partial charge in [-0.1, -0.05) is 0 Å². The molecule has 0 aliphatic carbocycles. The first-order valence-electron chi connectivity index (χ1n) is 3.56. The molecule has 6 heteroatoms. The van der Waals surface area contributed by atoms with Gasteiger partial charge in [-0.2, -0.15) is 0 Å². The van der Waals surface area contributed by atoms with Crippen LogP contribution < -0.4 is 11.5 Å². The number of aliphatic hydroxyl groups is 2. The van der Waals surface area contributed by atoms with Crippen molar-refractivity contribution in [2.24, 2.45) is 21.7 Å². The fourth-order valence-corrected chi connectivity index (χ4v) is 0.458. The Hall–Kier alpha value is -1.14. The van der Waals surface area contributed by atoms with Gasteiger partial charge in [0, 0.05) is 12.8 Å². The van der Waals surface area contributed by atoms with Gasteiger partial charge in [0.2, 0.25) is 0 Å². The molecular formula is C6H14N4O2. The molecule has 0 aromatic carbocycles. The van der Waals surface area contributed by atoms with Crippen LogP contribution in [0.1, 0.15) is 12.8 Å². The van der Waals surface area contributed by atoms with Crippen molar-refractivity contribution < 1.29 is 10.2 Å². The van der Waals surface area contributed by atoms with Crippen molar-refractivity contribution in [2.75, 3.05) is 13.2 Å². The first kappa shape index (κ1) is 10.9. The maximum Gasteiger partial charge on any atom is 0.124 e. The molecule has 6 nitrogen and oxygen atoms in total. The highest BCUT2D eigenvalue weighted by Gasteiger charge is 1.91. The van der Waals surface area contributed by atoms with Crippen molar-refractivity contribution in [2.45, 2.75) is 12.8 Å². The van der Waals surface area contributed by atoms with Crippen molar-refractivity contribution in [1.82, 2.24) is 0 Å². The van der Waals surface area contributed by atoms with Crippen LogP contribution in [0.5, 0.6) is 0 Å². The van der Waals surface area contributed by atoms with E-state index >= 15 is 0 Å². The molecule has 70 valence electrons. The largest absolute Gasteiger partial charge is 0.396 e. The summed E-state index contributed by atoms with van der Waals surface area (Å²) in [5, 5.41) is 23.9. The Morgan fingerprint density at radius 3 is 1.50 bits per heavy atom. The average Bonchev–Trinajstić information content (AvgIpc) is 2.02. The third-order valence-electron chi connectivity index (χ3n) is 1.04. The third-order valence-corrected chi connectivity index (χ3v) is 1.04. The second-order valence-corrected chi connectivity index (χ2v) is 2.13. The molecule has 0 aliphatic heterocycles. The van der Waals surface area contributed by atoms with E-state index in [9.17, 15) is 0 Å². The van der Waals surface area contributed by atoms with Gasteiger partial charge in [-0.05, 0) is 0 Å². The van der Waals surface area contributed by atoms with Crippen molar-refractivity contribution in [3.63, 3.8) is 0 Å². The van der Waals surface area contributed by atoms with E-state index in [2.05, 4.69) is 10.2 Å². The lowest BCUT2D eigenvalue weighted by atomic mass is 10.4. The van der Waals surface area contributed by atoms with E-state index in [0.717, 1.165) is 0 Å². The third kappa shape index (κ3) is 5.63. The van der Waals surface area contributed by atoms with Gasteiger partial charge < -0.3 is 21.7 Å². The molecule has 0 saturated heterocycles. The first-order valence-corrected chi connectivity index (χ1v) is 3.56. The molecule has 0 aromatic heterocycles. The molecule has 0 fully saturated rings. The second kappa shape index (κ2) is 6.56. The van der Waals surface area contributed by atoms with Crippen LogP contribution in [-0.2, 0) is 0 Å². The average molecular weight is 174 g/mol. The summed E-state index contributed by atoms with van der Waals surface area (Å²) < 4.78 is 0. The summed E-state index contributed by atoms with van der Waals surface area (Å²) in [5.41, 5.74) is 10.6. The topological polar surface area (TPSA) is 117 Å². The van der Waals surface area contributed by atoms with E-state index in [1.807, 2.05) is 0 Å². The molecule has 0 bridgehead atoms. The maximum absolute atomic E-state index is 8.42. The van der Waals surface area contributed by atoms with Crippen molar-refractivity contribution in [3.05, 3.63) is 0 Å². The molecule has 0 heterocycles. The highest BCUT2D eigenvalue weighted by Crippen LogP contribution is 1.83. The Morgan fingerprint density at radius 1 is 0.917 bits per heavy atom. The number of rotatable bonds is 5. The van der Waals surface area contributed by atoms with E-state index in [4.69, 9.17) is 21.7 Å². The maximum atomic E-state index is 8.42. The minimum Gasteiger partial charge on any atom is -0.396 e. The number of hydrogen-bond donors (Lipinski definition) is 4. The Bertz CT molecular complexity index is 158. The quantitative estimate of drug-likeness (QED) is 0.227. The monoisotopic (exact) mass is 174 g/mol. The van der Waals surface area contributed by atoms with Crippen LogP contribution in [0.4, 0.5) is 0 Å². The summed E-state index contributed by atoms with van der Waals surface area (Å²) in [4.78, 5) is 0. The lowest BCUT2D eigenvalue weighted by Gasteiger charge is -1.94. The zero-order valence-electron chi connectivity index (χ0n) is 6.77. The zero-order valence-corrected chi connectivity index (χ0v) is 6.77. The number of nitrogens with two attached hydrogens (primary N) is 2. The lowest BCUT2D eigenvalue weighted by Crippen LogP contribution is -2.16. The number of nitrogens with zero attached hydrogens (tertiary/aromatic N) is 2. The van der Waals surface area contributed by atoms with Gasteiger partial charge in [-0.15, -0.1) is 10.2 Å². The summed E-state index contributed by atoms with van der Waals surface area (Å²) in [6, 6.07) is 0. The minimum absolute atomic E-state index is 0.0647. The molecule has 0 rings (SSSR count). The highest BCUT2D eigenvalue weighted by molar-refractivity contribution is 5.83. The molecule has 0 amide bonds. The van der Waals surface area contributed by atoms with Crippen LogP contribution in [0.15, 0.2) is 10.2 Å². The van der Waals surface area contributed by atoms with E-state index in [0.29, 0.717) is 0 Å². The number of hydrogen-bond acceptors (Lipinski definition) is 4. The molecule has 0 spiro atoms. The Labute approximate surface area is 70.6 Å². The normalized spacial score (nSPS) is 13.5. The molecule has 0 aromatic rings. The van der Waals surface area contributed by atoms with Crippen LogP contribution in [0.3, 0.4) is 0 Å². The summed E-state index contributed by atoms with van der Waals surface area (Å²) >= 11 is 0. The fraction of sp³-hybridized carbons (Fsp3) is 0.667. The van der Waals surface area contributed by atoms with Crippen LogP contribution >= 0.6 is 0 Å². The zero-order chi connectivity index (χ0) is 9.40. The van der Waals surface area contributed by atoms with Crippen LogP contribution in [0.2, 0.25) is 0 Å². The molecule has 0 radical (unpaired) electrons. The number of amidine groups is 2. The smallest absolute Gasteiger partial charge is 0.124 e. The first-order chi connectivity index (χ1) is 5.70. The molecule has 0 unspecified atom stereocenters. The Morgan fingerprint density at radius 2 is 1.25 bits per heavy atom. The molecule has 6 N–H and O–H groups in total. The number of aliphatic hydroxyl groups excluding tert-OH is 2. The molecule has 0 aliphatic rings. The predicted octanol–water partition coefficient (Wildman–Crippen LogP) is -1.62. The fourth-order valence-electron chi connectivity index (χ4n) is 0.458. The highest BCUT2D eigenvalue weighted by atomic mass is 16.3. The molecular weight excluding hydrogens is 160 g/mol. The van der Waals surface area contributed by atoms with Crippen LogP contribution in [0.25, 0.3) is 0 Å². The van der Waals surface area contributed by atoms with E-state index in [1.165, 1.54) is 0 Å². The Balaban J connectivity index is 3.89. The van der Waals surface area contributed by atoms with Gasteiger partial charge in [-0.25, -0.2) is 0 Å². The summed E-state index contributed by atoms with van der Waals surface area (Å²) in [6.45, 7) is -0.129. The summed E-state index contributed by atoms with van der Waals surface area (Å²) in [6.07, 6.45) is 0.547. The van der Waals surface area contributed by atoms with Gasteiger partial charge in [0.1, 0.15) is 11.7 Å². The Kier molecular flexibility index (Phi) is 5.94. The second-order valence-electron chi connectivity index (χ2n) is 2.13. The van der Waals surface area contributed by atoms with Gasteiger partial charge >= 0.3 is 0 Å².